The Labute approximate surface area is 162 Å². The third-order valence-corrected chi connectivity index (χ3v) is 5.47. The molecule has 2 aromatic carbocycles. The number of fused-ring (bicyclic) bond motifs is 1. The van der Waals surface area contributed by atoms with Gasteiger partial charge in [0.1, 0.15) is 19.3 Å². The Morgan fingerprint density at radius 3 is 2.37 bits per heavy atom. The summed E-state index contributed by atoms with van der Waals surface area (Å²) < 4.78 is 36.6. The molecule has 1 amide bonds. The van der Waals surface area contributed by atoms with Gasteiger partial charge in [-0.3, -0.25) is 9.10 Å². The van der Waals surface area contributed by atoms with Crippen molar-refractivity contribution in [2.24, 2.45) is 0 Å². The highest BCUT2D eigenvalue weighted by molar-refractivity contribution is 7.92. The number of sulfonamides is 1. The van der Waals surface area contributed by atoms with Gasteiger partial charge in [-0.25, -0.2) is 8.42 Å². The summed E-state index contributed by atoms with van der Waals surface area (Å²) in [6.45, 7) is 2.42. The molecule has 0 saturated heterocycles. The lowest BCUT2D eigenvalue weighted by Crippen LogP contribution is -2.45. The monoisotopic (exact) mass is 410 g/mol. The van der Waals surface area contributed by atoms with Gasteiger partial charge in [-0.1, -0.05) is 11.6 Å². The van der Waals surface area contributed by atoms with Crippen LogP contribution in [-0.2, 0) is 14.8 Å². The number of anilines is 2. The largest absolute Gasteiger partial charge is 0.486 e. The molecule has 0 aliphatic carbocycles. The highest BCUT2D eigenvalue weighted by atomic mass is 35.5. The predicted octanol–water partition coefficient (Wildman–Crippen LogP) is 2.90. The van der Waals surface area contributed by atoms with Crippen molar-refractivity contribution in [1.29, 1.82) is 0 Å². The number of carbonyl (C=O) groups excluding carboxylic acids is 1. The van der Waals surface area contributed by atoms with E-state index in [0.717, 1.165) is 10.6 Å². The number of amides is 1. The first-order valence-corrected chi connectivity index (χ1v) is 10.4. The average Bonchev–Trinajstić information content (AvgIpc) is 2.62. The van der Waals surface area contributed by atoms with Gasteiger partial charge in [0, 0.05) is 16.8 Å². The Bertz CT molecular complexity index is 947. The molecular formula is C18H19ClN2O5S. The van der Waals surface area contributed by atoms with Crippen molar-refractivity contribution < 1.29 is 22.7 Å². The zero-order chi connectivity index (χ0) is 19.6. The van der Waals surface area contributed by atoms with E-state index in [1.807, 2.05) is 0 Å². The van der Waals surface area contributed by atoms with Crippen LogP contribution in [0.25, 0.3) is 0 Å². The molecule has 1 N–H and O–H groups in total. The van der Waals surface area contributed by atoms with E-state index in [1.165, 1.54) is 6.92 Å². The zero-order valence-corrected chi connectivity index (χ0v) is 16.4. The first-order valence-electron chi connectivity index (χ1n) is 8.21. The molecule has 0 aromatic heterocycles. The number of halogens is 1. The lowest BCUT2D eigenvalue weighted by atomic mass is 10.2. The van der Waals surface area contributed by atoms with Crippen molar-refractivity contribution in [3.63, 3.8) is 0 Å². The van der Waals surface area contributed by atoms with E-state index in [2.05, 4.69) is 5.32 Å². The Hall–Kier alpha value is -2.45. The van der Waals surface area contributed by atoms with Crippen molar-refractivity contribution in [3.05, 3.63) is 47.5 Å². The summed E-state index contributed by atoms with van der Waals surface area (Å²) in [5.41, 5.74) is 0.840. The van der Waals surface area contributed by atoms with Crippen LogP contribution >= 0.6 is 11.6 Å². The van der Waals surface area contributed by atoms with Gasteiger partial charge < -0.3 is 14.8 Å². The quantitative estimate of drug-likeness (QED) is 0.819. The predicted molar refractivity (Wildman–Crippen MR) is 104 cm³/mol. The standard InChI is InChI=1S/C18H19ClN2O5S/c1-12(21(27(2,23)24)15-6-3-13(19)4-7-15)18(22)20-14-5-8-16-17(11-14)26-10-9-25-16/h3-8,11-12H,9-10H2,1-2H3,(H,20,22)/t12-/m1/s1. The second kappa shape index (κ2) is 7.66. The van der Waals surface area contributed by atoms with Gasteiger partial charge in [0.15, 0.2) is 11.5 Å². The Morgan fingerprint density at radius 2 is 1.74 bits per heavy atom. The Kier molecular flexibility index (Phi) is 5.48. The van der Waals surface area contributed by atoms with Crippen molar-refractivity contribution >= 4 is 38.9 Å². The second-order valence-corrected chi connectivity index (χ2v) is 8.35. The van der Waals surface area contributed by atoms with Crippen LogP contribution in [-0.4, -0.2) is 39.8 Å². The van der Waals surface area contributed by atoms with Gasteiger partial charge in [0.05, 0.1) is 11.9 Å². The number of rotatable bonds is 5. The number of benzene rings is 2. The average molecular weight is 411 g/mol. The number of nitrogens with zero attached hydrogens (tertiary/aromatic N) is 1. The van der Waals surface area contributed by atoms with Crippen LogP contribution in [0.4, 0.5) is 11.4 Å². The first-order chi connectivity index (χ1) is 12.8. The third kappa shape index (κ3) is 4.45. The third-order valence-electron chi connectivity index (χ3n) is 3.98. The number of ether oxygens (including phenoxy) is 2. The van der Waals surface area contributed by atoms with E-state index in [-0.39, 0.29) is 0 Å². The Morgan fingerprint density at radius 1 is 1.11 bits per heavy atom. The number of nitrogens with one attached hydrogen (secondary N) is 1. The fraction of sp³-hybridized carbons (Fsp3) is 0.278. The maximum absolute atomic E-state index is 12.7. The smallest absolute Gasteiger partial charge is 0.247 e. The van der Waals surface area contributed by atoms with E-state index < -0.39 is 22.0 Å². The first kappa shape index (κ1) is 19.3. The minimum atomic E-state index is -3.70. The summed E-state index contributed by atoms with van der Waals surface area (Å²) >= 11 is 5.87. The SMILES string of the molecule is C[C@H](C(=O)Nc1ccc2c(c1)OCCO2)N(c1ccc(Cl)cc1)S(C)(=O)=O. The molecule has 1 atom stereocenters. The van der Waals surface area contributed by atoms with Crippen LogP contribution in [0.3, 0.4) is 0 Å². The Balaban J connectivity index is 1.82. The summed E-state index contributed by atoms with van der Waals surface area (Å²) in [6, 6.07) is 10.3. The summed E-state index contributed by atoms with van der Waals surface area (Å²) in [7, 11) is -3.70. The van der Waals surface area contributed by atoms with E-state index in [1.54, 1.807) is 42.5 Å². The van der Waals surface area contributed by atoms with E-state index >= 15 is 0 Å². The molecule has 0 fully saturated rings. The van der Waals surface area contributed by atoms with Crippen LogP contribution in [0.2, 0.25) is 5.02 Å². The molecule has 1 aliphatic rings. The van der Waals surface area contributed by atoms with E-state index in [4.69, 9.17) is 21.1 Å². The minimum absolute atomic E-state index is 0.353. The van der Waals surface area contributed by atoms with E-state index in [0.29, 0.717) is 41.1 Å². The lowest BCUT2D eigenvalue weighted by molar-refractivity contribution is -0.116. The van der Waals surface area contributed by atoms with Gasteiger partial charge in [-0.2, -0.15) is 0 Å². The zero-order valence-electron chi connectivity index (χ0n) is 14.8. The highest BCUT2D eigenvalue weighted by Gasteiger charge is 2.29. The highest BCUT2D eigenvalue weighted by Crippen LogP contribution is 2.33. The second-order valence-electron chi connectivity index (χ2n) is 6.06. The molecule has 1 heterocycles. The summed E-state index contributed by atoms with van der Waals surface area (Å²) in [4.78, 5) is 12.7. The van der Waals surface area contributed by atoms with Gasteiger partial charge in [0.2, 0.25) is 15.9 Å². The fourth-order valence-corrected chi connectivity index (χ4v) is 4.07. The van der Waals surface area contributed by atoms with Gasteiger partial charge in [0.25, 0.3) is 0 Å². The number of hydrogen-bond acceptors (Lipinski definition) is 5. The normalized spacial score (nSPS) is 14.3. The maximum atomic E-state index is 12.7. The summed E-state index contributed by atoms with van der Waals surface area (Å²) in [5.74, 6) is 0.655. The molecule has 0 unspecified atom stereocenters. The van der Waals surface area contributed by atoms with Crippen molar-refractivity contribution in [1.82, 2.24) is 0 Å². The molecule has 3 rings (SSSR count). The van der Waals surface area contributed by atoms with Gasteiger partial charge in [-0.05, 0) is 43.3 Å². The molecule has 1 aliphatic heterocycles. The van der Waals surface area contributed by atoms with Crippen LogP contribution in [0.1, 0.15) is 6.92 Å². The van der Waals surface area contributed by atoms with Crippen LogP contribution in [0.5, 0.6) is 11.5 Å². The fourth-order valence-electron chi connectivity index (χ4n) is 2.76. The molecular weight excluding hydrogens is 392 g/mol. The maximum Gasteiger partial charge on any atom is 0.247 e. The lowest BCUT2D eigenvalue weighted by Gasteiger charge is -2.28. The van der Waals surface area contributed by atoms with Crippen LogP contribution in [0.15, 0.2) is 42.5 Å². The number of carbonyl (C=O) groups is 1. The molecule has 7 nitrogen and oxygen atoms in total. The van der Waals surface area contributed by atoms with Gasteiger partial charge >= 0.3 is 0 Å². The van der Waals surface area contributed by atoms with Crippen LogP contribution < -0.4 is 19.1 Å². The van der Waals surface area contributed by atoms with Gasteiger partial charge in [-0.15, -0.1) is 0 Å². The van der Waals surface area contributed by atoms with Crippen molar-refractivity contribution in [3.8, 4) is 11.5 Å². The minimum Gasteiger partial charge on any atom is -0.486 e. The molecule has 0 spiro atoms. The summed E-state index contributed by atoms with van der Waals surface area (Å²) in [5, 5.41) is 3.19. The van der Waals surface area contributed by atoms with E-state index in [9.17, 15) is 13.2 Å². The molecule has 27 heavy (non-hydrogen) atoms. The molecule has 0 bridgehead atoms. The molecule has 2 aromatic rings. The summed E-state index contributed by atoms with van der Waals surface area (Å²) in [6.07, 6.45) is 1.05. The van der Waals surface area contributed by atoms with Crippen LogP contribution in [0, 0.1) is 0 Å². The molecule has 0 saturated carbocycles. The van der Waals surface area contributed by atoms with Crippen molar-refractivity contribution in [2.75, 3.05) is 29.1 Å². The number of hydrogen-bond donors (Lipinski definition) is 1. The topological polar surface area (TPSA) is 84.9 Å². The molecule has 9 heteroatoms. The van der Waals surface area contributed by atoms with Crippen molar-refractivity contribution in [2.45, 2.75) is 13.0 Å². The molecule has 144 valence electrons. The molecule has 0 radical (unpaired) electrons.